The third-order valence-electron chi connectivity index (χ3n) is 5.96. The van der Waals surface area contributed by atoms with Crippen molar-refractivity contribution in [2.75, 3.05) is 13.2 Å². The molecule has 208 valence electrons. The van der Waals surface area contributed by atoms with Crippen LogP contribution in [0.1, 0.15) is 38.8 Å². The van der Waals surface area contributed by atoms with Crippen LogP contribution in [0.25, 0.3) is 0 Å². The van der Waals surface area contributed by atoms with Crippen LogP contribution in [0.15, 0.2) is 109 Å². The van der Waals surface area contributed by atoms with E-state index in [2.05, 4.69) is 0 Å². The number of benzene rings is 4. The second-order valence-electron chi connectivity index (χ2n) is 8.93. The molecule has 0 spiro atoms. The summed E-state index contributed by atoms with van der Waals surface area (Å²) in [6.07, 6.45) is 1.90. The van der Waals surface area contributed by atoms with Gasteiger partial charge in [0.25, 0.3) is 0 Å². The number of hydrogen-bond acceptors (Lipinski definition) is 8. The van der Waals surface area contributed by atoms with Crippen LogP contribution >= 0.6 is 0 Å². The van der Waals surface area contributed by atoms with Crippen LogP contribution in [0.3, 0.4) is 0 Å². The first kappa shape index (κ1) is 28.6. The predicted octanol–water partition coefficient (Wildman–Crippen LogP) is 5.51. The summed E-state index contributed by atoms with van der Waals surface area (Å²) in [5.74, 6) is -1.28. The van der Waals surface area contributed by atoms with Crippen LogP contribution in [0, 0.1) is 0 Å². The van der Waals surface area contributed by atoms with Crippen LogP contribution in [0.2, 0.25) is 0 Å². The average Bonchev–Trinajstić information content (AvgIpc) is 2.99. The molecular formula is C33H28O8. The summed E-state index contributed by atoms with van der Waals surface area (Å²) in [5.41, 5.74) is 1.12. The standard InChI is InChI=1S/C33H28O8/c1-2-9-31(36)41-26(20-39-24-14-16-27(29(34)18-24)32(37)22-10-5-3-6-11-22)21-40-25-15-17-28(30(35)19-25)33(38)23-12-7-4-8-13-23/h2-19,26,34-35H,20-21H2,1H3/b9-2+. The van der Waals surface area contributed by atoms with Crippen molar-refractivity contribution in [3.05, 3.63) is 131 Å². The van der Waals surface area contributed by atoms with Crippen LogP contribution in [0.4, 0.5) is 0 Å². The zero-order chi connectivity index (χ0) is 29.2. The molecular weight excluding hydrogens is 524 g/mol. The predicted molar refractivity (Wildman–Crippen MR) is 152 cm³/mol. The van der Waals surface area contributed by atoms with E-state index < -0.39 is 12.1 Å². The highest BCUT2D eigenvalue weighted by molar-refractivity contribution is 6.11. The Bertz CT molecular complexity index is 1440. The van der Waals surface area contributed by atoms with Crippen molar-refractivity contribution >= 4 is 17.5 Å². The number of hydrogen-bond donors (Lipinski definition) is 2. The van der Waals surface area contributed by atoms with Gasteiger partial charge < -0.3 is 24.4 Å². The molecule has 4 aromatic rings. The molecule has 0 bridgehead atoms. The number of carbonyl (C=O) groups excluding carboxylic acids is 3. The van der Waals surface area contributed by atoms with Gasteiger partial charge in [-0.15, -0.1) is 0 Å². The Morgan fingerprint density at radius 2 is 1.12 bits per heavy atom. The van der Waals surface area contributed by atoms with Crippen molar-refractivity contribution < 1.29 is 38.8 Å². The van der Waals surface area contributed by atoms with E-state index in [1.807, 2.05) is 0 Å². The minimum Gasteiger partial charge on any atom is -0.507 e. The number of aromatic hydroxyl groups is 2. The molecule has 0 aliphatic heterocycles. The van der Waals surface area contributed by atoms with Gasteiger partial charge in [0.2, 0.25) is 0 Å². The number of allylic oxidation sites excluding steroid dienone is 1. The minimum absolute atomic E-state index is 0.122. The molecule has 0 saturated heterocycles. The van der Waals surface area contributed by atoms with Gasteiger partial charge >= 0.3 is 5.97 Å². The van der Waals surface area contributed by atoms with E-state index >= 15 is 0 Å². The fraction of sp³-hybridized carbons (Fsp3) is 0.121. The molecule has 0 radical (unpaired) electrons. The molecule has 2 N–H and O–H groups in total. The van der Waals surface area contributed by atoms with Crippen molar-refractivity contribution in [2.24, 2.45) is 0 Å². The van der Waals surface area contributed by atoms with Crippen LogP contribution in [-0.2, 0) is 9.53 Å². The monoisotopic (exact) mass is 552 g/mol. The summed E-state index contributed by atoms with van der Waals surface area (Å²) in [6, 6.07) is 25.7. The zero-order valence-corrected chi connectivity index (χ0v) is 22.2. The van der Waals surface area contributed by atoms with Crippen molar-refractivity contribution in [2.45, 2.75) is 13.0 Å². The summed E-state index contributed by atoms with van der Waals surface area (Å²) in [5, 5.41) is 20.9. The number of ether oxygens (including phenoxy) is 3. The van der Waals surface area contributed by atoms with Crippen molar-refractivity contribution in [3.63, 3.8) is 0 Å². The Kier molecular flexibility index (Phi) is 9.51. The Hall–Kier alpha value is -5.37. The van der Waals surface area contributed by atoms with Crippen molar-refractivity contribution in [1.82, 2.24) is 0 Å². The number of esters is 1. The quantitative estimate of drug-likeness (QED) is 0.134. The fourth-order valence-electron chi connectivity index (χ4n) is 3.91. The van der Waals surface area contributed by atoms with Gasteiger partial charge in [-0.05, 0) is 31.2 Å². The van der Waals surface area contributed by atoms with E-state index in [0.29, 0.717) is 11.1 Å². The minimum atomic E-state index is -0.876. The lowest BCUT2D eigenvalue weighted by molar-refractivity contribution is -0.146. The molecule has 4 aromatic carbocycles. The molecule has 8 nitrogen and oxygen atoms in total. The maximum absolute atomic E-state index is 12.7. The first-order valence-electron chi connectivity index (χ1n) is 12.8. The molecule has 8 heteroatoms. The Morgan fingerprint density at radius 3 is 1.51 bits per heavy atom. The molecule has 0 saturated carbocycles. The maximum Gasteiger partial charge on any atom is 0.330 e. The number of ketones is 2. The second kappa shape index (κ2) is 13.6. The summed E-state index contributed by atoms with van der Waals surface area (Å²) < 4.78 is 16.9. The molecule has 4 rings (SSSR count). The molecule has 41 heavy (non-hydrogen) atoms. The molecule has 0 unspecified atom stereocenters. The van der Waals surface area contributed by atoms with Crippen LogP contribution < -0.4 is 9.47 Å². The number of phenolic OH excluding ortho intramolecular Hbond substituents is 2. The Labute approximate surface area is 237 Å². The molecule has 0 aliphatic rings. The zero-order valence-electron chi connectivity index (χ0n) is 22.2. The van der Waals surface area contributed by atoms with Gasteiger partial charge in [-0.3, -0.25) is 9.59 Å². The van der Waals surface area contributed by atoms with E-state index in [9.17, 15) is 24.6 Å². The first-order valence-corrected chi connectivity index (χ1v) is 12.8. The van der Waals surface area contributed by atoms with E-state index in [1.54, 1.807) is 67.6 Å². The van der Waals surface area contributed by atoms with Gasteiger partial charge in [-0.1, -0.05) is 66.7 Å². The normalized spacial score (nSPS) is 10.9. The summed E-state index contributed by atoms with van der Waals surface area (Å²) in [6.45, 7) is 1.40. The lowest BCUT2D eigenvalue weighted by atomic mass is 10.0. The molecule has 0 fully saturated rings. The lowest BCUT2D eigenvalue weighted by Gasteiger charge is -2.19. The summed E-state index contributed by atoms with van der Waals surface area (Å²) >= 11 is 0. The lowest BCUT2D eigenvalue weighted by Crippen LogP contribution is -2.30. The molecule has 0 atom stereocenters. The SMILES string of the molecule is C/C=C/C(=O)OC(COc1ccc(C(=O)c2ccccc2)c(O)c1)COc1ccc(C(=O)c2ccccc2)c(O)c1. The largest absolute Gasteiger partial charge is 0.507 e. The third kappa shape index (κ3) is 7.60. The Morgan fingerprint density at radius 1 is 0.683 bits per heavy atom. The number of rotatable bonds is 12. The second-order valence-corrected chi connectivity index (χ2v) is 8.93. The topological polar surface area (TPSA) is 119 Å². The van der Waals surface area contributed by atoms with Crippen molar-refractivity contribution in [1.29, 1.82) is 0 Å². The van der Waals surface area contributed by atoms with Crippen LogP contribution in [-0.4, -0.2) is 47.1 Å². The first-order chi connectivity index (χ1) is 19.9. The summed E-state index contributed by atoms with van der Waals surface area (Å²) in [4.78, 5) is 37.5. The number of carbonyl (C=O) groups is 3. The van der Waals surface area contributed by atoms with Crippen LogP contribution in [0.5, 0.6) is 23.0 Å². The van der Waals surface area contributed by atoms with E-state index in [0.717, 1.165) is 0 Å². The van der Waals surface area contributed by atoms with Gasteiger partial charge in [0.1, 0.15) is 36.2 Å². The van der Waals surface area contributed by atoms with Gasteiger partial charge in [0.05, 0.1) is 11.1 Å². The van der Waals surface area contributed by atoms with E-state index in [1.165, 1.54) is 48.6 Å². The van der Waals surface area contributed by atoms with Crippen molar-refractivity contribution in [3.8, 4) is 23.0 Å². The highest BCUT2D eigenvalue weighted by Crippen LogP contribution is 2.28. The molecule has 0 amide bonds. The Balaban J connectivity index is 1.42. The van der Waals surface area contributed by atoms with Gasteiger partial charge in [0.15, 0.2) is 17.7 Å². The third-order valence-corrected chi connectivity index (χ3v) is 5.96. The average molecular weight is 553 g/mol. The molecule has 0 aliphatic carbocycles. The molecule has 0 aromatic heterocycles. The highest BCUT2D eigenvalue weighted by Gasteiger charge is 2.19. The van der Waals surface area contributed by atoms with E-state index in [4.69, 9.17) is 14.2 Å². The maximum atomic E-state index is 12.7. The molecule has 0 heterocycles. The van der Waals surface area contributed by atoms with Gasteiger partial charge in [-0.25, -0.2) is 4.79 Å². The highest BCUT2D eigenvalue weighted by atomic mass is 16.6. The van der Waals surface area contributed by atoms with Gasteiger partial charge in [-0.2, -0.15) is 0 Å². The smallest absolute Gasteiger partial charge is 0.330 e. The fourth-order valence-corrected chi connectivity index (χ4v) is 3.91. The van der Waals surface area contributed by atoms with E-state index in [-0.39, 0.29) is 58.9 Å². The number of phenols is 2. The van der Waals surface area contributed by atoms with Gasteiger partial charge in [0, 0.05) is 29.3 Å². The summed E-state index contributed by atoms with van der Waals surface area (Å²) in [7, 11) is 0.